The summed E-state index contributed by atoms with van der Waals surface area (Å²) < 4.78 is 27.8. The van der Waals surface area contributed by atoms with Crippen LogP contribution in [0.2, 0.25) is 5.02 Å². The van der Waals surface area contributed by atoms with E-state index in [1.807, 2.05) is 42.5 Å². The van der Waals surface area contributed by atoms with Crippen molar-refractivity contribution in [2.75, 3.05) is 6.54 Å². The highest BCUT2D eigenvalue weighted by molar-refractivity contribution is 7.89. The summed E-state index contributed by atoms with van der Waals surface area (Å²) in [6.07, 6.45) is 1.15. The Labute approximate surface area is 175 Å². The molecule has 150 valence electrons. The number of carbonyl (C=O) groups excluding carboxylic acids is 1. The lowest BCUT2D eigenvalue weighted by molar-refractivity contribution is -0.124. The number of rotatable bonds is 5. The highest BCUT2D eigenvalue weighted by Crippen LogP contribution is 2.28. The summed E-state index contributed by atoms with van der Waals surface area (Å²) in [7, 11) is -3.77. The van der Waals surface area contributed by atoms with E-state index in [1.54, 1.807) is 24.3 Å². The van der Waals surface area contributed by atoms with Gasteiger partial charge < -0.3 is 5.32 Å². The van der Waals surface area contributed by atoms with Crippen LogP contribution in [0.4, 0.5) is 0 Å². The number of hydrogen-bond acceptors (Lipinski definition) is 3. The molecule has 1 N–H and O–H groups in total. The molecule has 1 saturated heterocycles. The predicted molar refractivity (Wildman–Crippen MR) is 114 cm³/mol. The molecule has 4 rings (SSSR count). The normalized spacial score (nSPS) is 17.5. The zero-order valence-corrected chi connectivity index (χ0v) is 17.3. The van der Waals surface area contributed by atoms with Gasteiger partial charge in [0.05, 0.1) is 4.90 Å². The van der Waals surface area contributed by atoms with Crippen LogP contribution in [0.25, 0.3) is 10.8 Å². The number of hydrogen-bond donors (Lipinski definition) is 1. The quantitative estimate of drug-likeness (QED) is 0.668. The predicted octanol–water partition coefficient (Wildman–Crippen LogP) is 3.96. The number of halogens is 1. The first-order valence-electron chi connectivity index (χ1n) is 9.48. The summed E-state index contributed by atoms with van der Waals surface area (Å²) in [4.78, 5) is 13.0. The molecule has 29 heavy (non-hydrogen) atoms. The van der Waals surface area contributed by atoms with Gasteiger partial charge in [-0.05, 0) is 47.4 Å². The summed E-state index contributed by atoms with van der Waals surface area (Å²) in [5.41, 5.74) is 0.796. The van der Waals surface area contributed by atoms with Crippen LogP contribution in [-0.4, -0.2) is 31.2 Å². The zero-order valence-electron chi connectivity index (χ0n) is 15.7. The fraction of sp³-hybridized carbons (Fsp3) is 0.227. The minimum atomic E-state index is -3.77. The number of nitrogens with one attached hydrogen (secondary N) is 1. The molecule has 0 spiro atoms. The Balaban J connectivity index is 1.54. The molecule has 0 bridgehead atoms. The maximum Gasteiger partial charge on any atom is 0.243 e. The van der Waals surface area contributed by atoms with Crippen molar-refractivity contribution in [3.05, 3.63) is 77.3 Å². The van der Waals surface area contributed by atoms with Crippen molar-refractivity contribution in [2.24, 2.45) is 0 Å². The van der Waals surface area contributed by atoms with Gasteiger partial charge in [-0.15, -0.1) is 0 Å². The number of fused-ring (bicyclic) bond motifs is 1. The van der Waals surface area contributed by atoms with Crippen molar-refractivity contribution < 1.29 is 13.2 Å². The van der Waals surface area contributed by atoms with Gasteiger partial charge in [-0.3, -0.25) is 4.79 Å². The molecule has 3 aromatic carbocycles. The highest BCUT2D eigenvalue weighted by atomic mass is 35.5. The molecule has 0 aromatic heterocycles. The molecule has 0 radical (unpaired) electrons. The first-order valence-corrected chi connectivity index (χ1v) is 11.3. The average Bonchev–Trinajstić information content (AvgIpc) is 3.23. The number of carbonyl (C=O) groups is 1. The van der Waals surface area contributed by atoms with Gasteiger partial charge in [-0.25, -0.2) is 8.42 Å². The maximum atomic E-state index is 13.2. The van der Waals surface area contributed by atoms with Gasteiger partial charge in [-0.1, -0.05) is 60.1 Å². The van der Waals surface area contributed by atoms with Crippen molar-refractivity contribution in [3.8, 4) is 0 Å². The van der Waals surface area contributed by atoms with E-state index in [-0.39, 0.29) is 17.3 Å². The Morgan fingerprint density at radius 2 is 1.76 bits per heavy atom. The summed E-state index contributed by atoms with van der Waals surface area (Å²) in [6, 6.07) is 19.2. The maximum absolute atomic E-state index is 13.2. The van der Waals surface area contributed by atoms with E-state index in [1.165, 1.54) is 4.31 Å². The molecule has 0 aliphatic carbocycles. The molecule has 1 aliphatic heterocycles. The van der Waals surface area contributed by atoms with Gasteiger partial charge >= 0.3 is 0 Å². The molecular formula is C22H21ClN2O3S. The summed E-state index contributed by atoms with van der Waals surface area (Å²) in [6.45, 7) is 0.595. The molecule has 1 aliphatic rings. The van der Waals surface area contributed by atoms with Crippen LogP contribution in [0.5, 0.6) is 0 Å². The third kappa shape index (κ3) is 4.01. The van der Waals surface area contributed by atoms with E-state index in [9.17, 15) is 13.2 Å². The molecule has 1 heterocycles. The third-order valence-corrected chi connectivity index (χ3v) is 7.52. The lowest BCUT2D eigenvalue weighted by Crippen LogP contribution is -2.45. The molecule has 1 fully saturated rings. The zero-order chi connectivity index (χ0) is 20.4. The molecule has 0 saturated carbocycles. The average molecular weight is 429 g/mol. The van der Waals surface area contributed by atoms with E-state index in [2.05, 4.69) is 5.32 Å². The van der Waals surface area contributed by atoms with Crippen molar-refractivity contribution >= 4 is 38.3 Å². The third-order valence-electron chi connectivity index (χ3n) is 5.24. The van der Waals surface area contributed by atoms with E-state index in [4.69, 9.17) is 11.6 Å². The molecular weight excluding hydrogens is 408 g/mol. The standard InChI is InChI=1S/C22H21ClN2O3S/c23-20-9-4-3-8-18(20)15-24-22(26)21-10-5-13-25(21)29(27,28)19-12-11-16-6-1-2-7-17(16)14-19/h1-4,6-9,11-12,14,21H,5,10,13,15H2,(H,24,26)/t21-/m1/s1. The Morgan fingerprint density at radius 3 is 2.55 bits per heavy atom. The van der Waals surface area contributed by atoms with Gasteiger partial charge in [0.15, 0.2) is 0 Å². The second kappa shape index (κ2) is 8.14. The minimum absolute atomic E-state index is 0.210. The Morgan fingerprint density at radius 1 is 1.03 bits per heavy atom. The van der Waals surface area contributed by atoms with Gasteiger partial charge in [0, 0.05) is 18.1 Å². The van der Waals surface area contributed by atoms with Crippen LogP contribution in [0.15, 0.2) is 71.6 Å². The van der Waals surface area contributed by atoms with Crippen LogP contribution in [0.3, 0.4) is 0 Å². The smallest absolute Gasteiger partial charge is 0.243 e. The molecule has 0 unspecified atom stereocenters. The first-order chi connectivity index (χ1) is 14.0. The highest BCUT2D eigenvalue weighted by Gasteiger charge is 2.39. The molecule has 3 aromatic rings. The number of sulfonamides is 1. The van der Waals surface area contributed by atoms with Crippen LogP contribution < -0.4 is 5.32 Å². The van der Waals surface area contributed by atoms with Gasteiger partial charge in [0.1, 0.15) is 6.04 Å². The molecule has 5 nitrogen and oxygen atoms in total. The number of nitrogens with zero attached hydrogens (tertiary/aromatic N) is 1. The Bertz CT molecular complexity index is 1160. The van der Waals surface area contributed by atoms with Crippen molar-refractivity contribution in [2.45, 2.75) is 30.3 Å². The Kier molecular flexibility index (Phi) is 5.58. The van der Waals surface area contributed by atoms with Crippen LogP contribution in [0.1, 0.15) is 18.4 Å². The minimum Gasteiger partial charge on any atom is -0.351 e. The van der Waals surface area contributed by atoms with Crippen molar-refractivity contribution in [1.82, 2.24) is 9.62 Å². The second-order valence-electron chi connectivity index (χ2n) is 7.09. The van der Waals surface area contributed by atoms with Gasteiger partial charge in [0.25, 0.3) is 0 Å². The lowest BCUT2D eigenvalue weighted by atomic mass is 10.1. The van der Waals surface area contributed by atoms with Crippen LogP contribution in [-0.2, 0) is 21.4 Å². The second-order valence-corrected chi connectivity index (χ2v) is 9.39. The topological polar surface area (TPSA) is 66.5 Å². The van der Waals surface area contributed by atoms with E-state index >= 15 is 0 Å². The van der Waals surface area contributed by atoms with E-state index in [0.29, 0.717) is 24.4 Å². The number of amides is 1. The lowest BCUT2D eigenvalue weighted by Gasteiger charge is -2.23. The molecule has 1 atom stereocenters. The summed E-state index contributed by atoms with van der Waals surface area (Å²) >= 11 is 6.14. The van der Waals surface area contributed by atoms with Gasteiger partial charge in [0.2, 0.25) is 15.9 Å². The summed E-state index contributed by atoms with van der Waals surface area (Å²) in [5.74, 6) is -0.299. The van der Waals surface area contributed by atoms with Crippen LogP contribution in [0, 0.1) is 0 Å². The summed E-state index contributed by atoms with van der Waals surface area (Å²) in [5, 5.41) is 5.23. The fourth-order valence-corrected chi connectivity index (χ4v) is 5.59. The first kappa shape index (κ1) is 19.9. The monoisotopic (exact) mass is 428 g/mol. The molecule has 7 heteroatoms. The fourth-order valence-electron chi connectivity index (χ4n) is 3.70. The number of benzene rings is 3. The SMILES string of the molecule is O=C(NCc1ccccc1Cl)[C@H]1CCCN1S(=O)(=O)c1ccc2ccccc2c1. The van der Waals surface area contributed by atoms with Gasteiger partial charge in [-0.2, -0.15) is 4.31 Å². The Hall–Kier alpha value is -2.41. The molecule has 1 amide bonds. The largest absolute Gasteiger partial charge is 0.351 e. The van der Waals surface area contributed by atoms with Crippen LogP contribution >= 0.6 is 11.6 Å². The van der Waals surface area contributed by atoms with Crippen molar-refractivity contribution in [1.29, 1.82) is 0 Å². The van der Waals surface area contributed by atoms with Crippen molar-refractivity contribution in [3.63, 3.8) is 0 Å². The van der Waals surface area contributed by atoms with E-state index in [0.717, 1.165) is 16.3 Å². The van der Waals surface area contributed by atoms with E-state index < -0.39 is 16.1 Å².